The molecule has 15 heteroatoms. The molecule has 2 saturated carbocycles. The number of aliphatic hydroxyl groups is 4. The van der Waals surface area contributed by atoms with Gasteiger partial charge in [0.15, 0.2) is 23.3 Å². The number of Topliss-reactive ketones (excluding diaryl/α,β-unsaturated/α-hetero) is 2. The Morgan fingerprint density at radius 3 is 1.98 bits per heavy atom. The smallest absolute Gasteiger partial charge is 0.338 e. The van der Waals surface area contributed by atoms with E-state index in [9.17, 15) is 44.4 Å². The van der Waals surface area contributed by atoms with E-state index < -0.39 is 107 Å². The molecule has 328 valence electrons. The third-order valence-corrected chi connectivity index (χ3v) is 13.7. The molecule has 1 aliphatic heterocycles. The van der Waals surface area contributed by atoms with Gasteiger partial charge in [0.25, 0.3) is 5.91 Å². The summed E-state index contributed by atoms with van der Waals surface area (Å²) in [5.74, 6) is -6.35. The Labute approximate surface area is 358 Å². The van der Waals surface area contributed by atoms with E-state index in [1.165, 1.54) is 83.1 Å². The largest absolute Gasteiger partial charge is 0.456 e. The monoisotopic (exact) mass is 853 g/mol. The summed E-state index contributed by atoms with van der Waals surface area (Å²) < 4.78 is 24.2. The molecule has 0 radical (unpaired) electrons. The average molecular weight is 854 g/mol. The lowest BCUT2D eigenvalue weighted by Crippen LogP contribution is -2.81. The fraction of sp³-hybridized carbons (Fsp3) is 0.447. The number of esters is 3. The highest BCUT2D eigenvalue weighted by Crippen LogP contribution is 2.64. The second kappa shape index (κ2) is 16.3. The zero-order valence-electron chi connectivity index (χ0n) is 35.2. The zero-order valence-corrected chi connectivity index (χ0v) is 35.2. The van der Waals surface area contributed by atoms with Crippen LogP contribution in [0.15, 0.2) is 96.1 Å². The van der Waals surface area contributed by atoms with E-state index in [-0.39, 0.29) is 46.6 Å². The number of fused-ring (bicyclic) bond motifs is 5. The van der Waals surface area contributed by atoms with Gasteiger partial charge in [0.1, 0.15) is 30.0 Å². The number of ether oxygens (including phenoxy) is 4. The normalized spacial score (nSPS) is 31.9. The molecule has 15 nitrogen and oxygen atoms in total. The van der Waals surface area contributed by atoms with Gasteiger partial charge >= 0.3 is 17.9 Å². The van der Waals surface area contributed by atoms with Crippen LogP contribution in [0.25, 0.3) is 0 Å². The van der Waals surface area contributed by atoms with Crippen molar-refractivity contribution in [3.05, 3.63) is 118 Å². The van der Waals surface area contributed by atoms with Crippen LogP contribution in [-0.4, -0.2) is 110 Å². The highest BCUT2D eigenvalue weighted by molar-refractivity contribution is 5.96. The average Bonchev–Trinajstić information content (AvgIpc) is 3.24. The minimum Gasteiger partial charge on any atom is -0.456 e. The summed E-state index contributed by atoms with van der Waals surface area (Å²) in [7, 11) is 0. The predicted octanol–water partition coefficient (Wildman–Crippen LogP) is 3.37. The third-order valence-electron chi connectivity index (χ3n) is 13.7. The lowest BCUT2D eigenvalue weighted by molar-refractivity contribution is -0.346. The molecule has 1 amide bonds. The fourth-order valence-corrected chi connectivity index (χ4v) is 10.2. The Morgan fingerprint density at radius 2 is 1.44 bits per heavy atom. The summed E-state index contributed by atoms with van der Waals surface area (Å²) in [6.45, 7) is 8.15. The van der Waals surface area contributed by atoms with Crippen LogP contribution in [0.4, 0.5) is 0 Å². The van der Waals surface area contributed by atoms with Crippen LogP contribution in [0, 0.1) is 16.7 Å². The maximum absolute atomic E-state index is 15.0. The number of hydrogen-bond donors (Lipinski definition) is 5. The van der Waals surface area contributed by atoms with E-state index in [1.54, 1.807) is 36.4 Å². The van der Waals surface area contributed by atoms with E-state index in [0.29, 0.717) is 5.56 Å². The van der Waals surface area contributed by atoms with Crippen molar-refractivity contribution in [2.75, 3.05) is 6.61 Å². The van der Waals surface area contributed by atoms with Crippen LogP contribution in [0.5, 0.6) is 0 Å². The molecule has 4 aliphatic rings. The van der Waals surface area contributed by atoms with Crippen molar-refractivity contribution in [3.63, 3.8) is 0 Å². The van der Waals surface area contributed by atoms with Crippen LogP contribution in [-0.2, 0) is 33.3 Å². The number of benzene rings is 3. The Bertz CT molecular complexity index is 2310. The van der Waals surface area contributed by atoms with E-state index in [4.69, 9.17) is 18.9 Å². The summed E-state index contributed by atoms with van der Waals surface area (Å²) in [4.78, 5) is 81.9. The molecule has 3 aromatic rings. The predicted molar refractivity (Wildman–Crippen MR) is 218 cm³/mol. The molecule has 1 saturated heterocycles. The van der Waals surface area contributed by atoms with Crippen molar-refractivity contribution in [3.8, 4) is 0 Å². The van der Waals surface area contributed by atoms with Gasteiger partial charge in [-0.15, -0.1) is 0 Å². The van der Waals surface area contributed by atoms with Gasteiger partial charge in [-0.25, -0.2) is 9.59 Å². The van der Waals surface area contributed by atoms with Gasteiger partial charge in [-0.1, -0.05) is 74.5 Å². The van der Waals surface area contributed by atoms with Crippen LogP contribution in [0.3, 0.4) is 0 Å². The molecule has 0 unspecified atom stereocenters. The number of carbonyl (C=O) groups excluding carboxylic acids is 6. The molecule has 62 heavy (non-hydrogen) atoms. The highest BCUT2D eigenvalue weighted by Gasteiger charge is 2.78. The van der Waals surface area contributed by atoms with E-state index in [0.717, 1.165) is 6.92 Å². The Hall–Kier alpha value is -5.58. The number of ketones is 2. The van der Waals surface area contributed by atoms with Gasteiger partial charge in [0.05, 0.1) is 35.6 Å². The quantitative estimate of drug-likeness (QED) is 0.0853. The molecular weight excluding hydrogens is 803 g/mol. The van der Waals surface area contributed by atoms with Crippen molar-refractivity contribution in [1.82, 2.24) is 5.32 Å². The minimum absolute atomic E-state index is 0.0668. The second-order valence-electron chi connectivity index (χ2n) is 17.5. The number of amides is 1. The van der Waals surface area contributed by atoms with Gasteiger partial charge in [0, 0.05) is 36.3 Å². The zero-order chi connectivity index (χ0) is 45.1. The lowest BCUT2D eigenvalue weighted by Gasteiger charge is -2.67. The van der Waals surface area contributed by atoms with Crippen molar-refractivity contribution < 1.29 is 68.1 Å². The summed E-state index contributed by atoms with van der Waals surface area (Å²) in [5.41, 5.74) is -6.92. The van der Waals surface area contributed by atoms with Crippen molar-refractivity contribution >= 4 is 35.4 Å². The van der Waals surface area contributed by atoms with Crippen LogP contribution < -0.4 is 5.32 Å². The summed E-state index contributed by atoms with van der Waals surface area (Å²) in [6, 6.07) is 20.3. The first-order valence-electron chi connectivity index (χ1n) is 20.5. The number of aliphatic hydroxyl groups excluding tert-OH is 3. The summed E-state index contributed by atoms with van der Waals surface area (Å²) in [6.07, 6.45) is -10.8. The number of rotatable bonds is 10. The molecule has 0 aromatic heterocycles. The van der Waals surface area contributed by atoms with Crippen molar-refractivity contribution in [2.24, 2.45) is 16.7 Å². The first-order valence-corrected chi connectivity index (χ1v) is 20.5. The molecule has 2 bridgehead atoms. The molecule has 0 spiro atoms. The standard InChI is InChI=1S/C47H51NO14/c1-24-31(60-43(57)37(53)35(28-19-17-27(18-20-28)25(2)49)48-41(55)29-13-9-7-10-14-29)22-47(58)40(61-42(56)30-15-11-8-12-16-30)38-45(6,39(54)36(52)34(24)44(47,4)5)32(51)21-33-46(38,23-59-33)62-26(3)50/h7-20,31-33,35-38,40,51-53,58H,21-23H2,1-6H3,(H,48,55)/t31-,32-,33+,35-,36+,37+,38-,40-,45+,46-,47+/m0/s1. The number of carbonyl (C=O) groups is 6. The van der Waals surface area contributed by atoms with Gasteiger partial charge in [-0.05, 0) is 61.7 Å². The van der Waals surface area contributed by atoms with Gasteiger partial charge in [0.2, 0.25) is 0 Å². The maximum atomic E-state index is 15.0. The molecule has 7 rings (SSSR count). The topological polar surface area (TPSA) is 232 Å². The van der Waals surface area contributed by atoms with Crippen molar-refractivity contribution in [2.45, 2.75) is 108 Å². The Morgan fingerprint density at radius 1 is 0.839 bits per heavy atom. The molecular formula is C47H51NO14. The molecule has 3 fully saturated rings. The summed E-state index contributed by atoms with van der Waals surface area (Å²) >= 11 is 0. The van der Waals surface area contributed by atoms with E-state index in [2.05, 4.69) is 5.32 Å². The van der Waals surface area contributed by atoms with Crippen LogP contribution in [0.1, 0.15) is 97.1 Å². The lowest BCUT2D eigenvalue weighted by atomic mass is 9.44. The first-order chi connectivity index (χ1) is 29.2. The SMILES string of the molecule is CC(=O)O[C@@]12CO[C@@H]1C[C@H](O)[C@@]1(C)C(=O)[C@H](O)C3=C(C)[C@@H](OC(=O)[C@H](O)[C@@H](NC(=O)c4ccccc4)c4ccc(C(C)=O)cc4)C[C@@](O)([C@@H](OC(=O)c4ccccc4)[C@H]21)C3(C)C. The molecule has 5 N–H and O–H groups in total. The molecule has 3 aliphatic carbocycles. The fourth-order valence-electron chi connectivity index (χ4n) is 10.2. The number of hydrogen-bond acceptors (Lipinski definition) is 14. The van der Waals surface area contributed by atoms with Gasteiger partial charge in [-0.2, -0.15) is 0 Å². The molecule has 1 heterocycles. The maximum Gasteiger partial charge on any atom is 0.338 e. The highest BCUT2D eigenvalue weighted by atomic mass is 16.6. The van der Waals surface area contributed by atoms with E-state index in [1.807, 2.05) is 0 Å². The van der Waals surface area contributed by atoms with E-state index >= 15 is 4.79 Å². The van der Waals surface area contributed by atoms with Crippen LogP contribution in [0.2, 0.25) is 0 Å². The molecule has 3 aromatic carbocycles. The Balaban J connectivity index is 1.34. The van der Waals surface area contributed by atoms with Gasteiger partial charge in [-0.3, -0.25) is 19.2 Å². The third kappa shape index (κ3) is 7.15. The Kier molecular flexibility index (Phi) is 11.7. The van der Waals surface area contributed by atoms with Crippen molar-refractivity contribution in [1.29, 1.82) is 0 Å². The minimum atomic E-state index is -2.39. The van der Waals surface area contributed by atoms with Crippen LogP contribution >= 0.6 is 0 Å². The molecule has 11 atom stereocenters. The second-order valence-corrected chi connectivity index (χ2v) is 17.5. The number of nitrogens with one attached hydrogen (secondary N) is 1. The first kappa shape index (κ1) is 44.5. The van der Waals surface area contributed by atoms with Gasteiger partial charge < -0.3 is 44.7 Å². The summed E-state index contributed by atoms with van der Waals surface area (Å²) in [5, 5.41) is 52.1.